The Hall–Kier alpha value is -2.48. The number of rotatable bonds is 3. The number of hydrogen-bond acceptors (Lipinski definition) is 6. The predicted molar refractivity (Wildman–Crippen MR) is 80.9 cm³/mol. The Labute approximate surface area is 124 Å². The lowest BCUT2D eigenvalue weighted by Gasteiger charge is -2.01. The van der Waals surface area contributed by atoms with Gasteiger partial charge in [0.25, 0.3) is 5.91 Å². The molecule has 0 aromatic carbocycles. The fraction of sp³-hybridized carbons (Fsp3) is 0.231. The highest BCUT2D eigenvalue weighted by Gasteiger charge is 2.17. The highest BCUT2D eigenvalue weighted by Crippen LogP contribution is 2.32. The second-order valence-corrected chi connectivity index (χ2v) is 5.67. The number of carbonyl (C=O) groups excluding carboxylic acids is 1. The van der Waals surface area contributed by atoms with E-state index in [4.69, 9.17) is 5.73 Å². The summed E-state index contributed by atoms with van der Waals surface area (Å²) >= 11 is 1.29. The topological polar surface area (TPSA) is 98.7 Å². The third-order valence-corrected chi connectivity index (χ3v) is 4.11. The molecule has 3 N–H and O–H groups in total. The molecule has 0 bridgehead atoms. The van der Waals surface area contributed by atoms with Crippen molar-refractivity contribution in [2.24, 2.45) is 7.05 Å². The Kier molecular flexibility index (Phi) is 3.30. The standard InChI is InChI=1S/C13H14N6OS/c1-7-3-4-8-10(14)11(21-13(8)17-7)12(20)15-5-9-16-6-19(2)18-9/h3-4,6H,5,14H2,1-2H3,(H,15,20). The Morgan fingerprint density at radius 3 is 3.00 bits per heavy atom. The summed E-state index contributed by atoms with van der Waals surface area (Å²) in [4.78, 5) is 21.9. The van der Waals surface area contributed by atoms with E-state index in [0.29, 0.717) is 16.4 Å². The zero-order valence-electron chi connectivity index (χ0n) is 11.6. The molecule has 1 amide bonds. The smallest absolute Gasteiger partial charge is 0.263 e. The zero-order chi connectivity index (χ0) is 15.0. The van der Waals surface area contributed by atoms with Gasteiger partial charge >= 0.3 is 0 Å². The van der Waals surface area contributed by atoms with Gasteiger partial charge in [-0.05, 0) is 19.1 Å². The molecule has 0 aliphatic rings. The molecule has 0 unspecified atom stereocenters. The van der Waals surface area contributed by atoms with Crippen LogP contribution in [0.4, 0.5) is 5.69 Å². The molecule has 7 nitrogen and oxygen atoms in total. The normalized spacial score (nSPS) is 11.0. The molecule has 0 saturated carbocycles. The summed E-state index contributed by atoms with van der Waals surface area (Å²) in [6, 6.07) is 3.77. The van der Waals surface area contributed by atoms with Gasteiger partial charge in [-0.3, -0.25) is 9.48 Å². The van der Waals surface area contributed by atoms with Gasteiger partial charge in [-0.15, -0.1) is 11.3 Å². The Morgan fingerprint density at radius 2 is 2.29 bits per heavy atom. The van der Waals surface area contributed by atoms with Gasteiger partial charge in [-0.1, -0.05) is 0 Å². The van der Waals surface area contributed by atoms with Crippen molar-refractivity contribution in [2.75, 3.05) is 5.73 Å². The van der Waals surface area contributed by atoms with Crippen molar-refractivity contribution in [3.8, 4) is 0 Å². The van der Waals surface area contributed by atoms with Gasteiger partial charge in [-0.2, -0.15) is 5.10 Å². The summed E-state index contributed by atoms with van der Waals surface area (Å²) in [6.45, 7) is 2.17. The number of aromatic nitrogens is 4. The van der Waals surface area contributed by atoms with Gasteiger partial charge in [-0.25, -0.2) is 9.97 Å². The van der Waals surface area contributed by atoms with Crippen LogP contribution in [0.15, 0.2) is 18.5 Å². The van der Waals surface area contributed by atoms with Crippen LogP contribution in [-0.4, -0.2) is 25.7 Å². The predicted octanol–water partition coefficient (Wildman–Crippen LogP) is 1.25. The highest BCUT2D eigenvalue weighted by molar-refractivity contribution is 7.21. The molecule has 0 saturated heterocycles. The fourth-order valence-corrected chi connectivity index (χ4v) is 3.02. The van der Waals surface area contributed by atoms with Crippen LogP contribution in [0.5, 0.6) is 0 Å². The highest BCUT2D eigenvalue weighted by atomic mass is 32.1. The van der Waals surface area contributed by atoms with Crippen molar-refractivity contribution in [1.29, 1.82) is 0 Å². The van der Waals surface area contributed by atoms with Gasteiger partial charge < -0.3 is 11.1 Å². The third kappa shape index (κ3) is 2.57. The van der Waals surface area contributed by atoms with E-state index in [1.807, 2.05) is 19.1 Å². The molecular formula is C13H14N6OS. The molecule has 0 aliphatic carbocycles. The minimum atomic E-state index is -0.236. The number of nitrogens with two attached hydrogens (primary N) is 1. The van der Waals surface area contributed by atoms with Crippen molar-refractivity contribution >= 4 is 33.1 Å². The number of thiophene rings is 1. The van der Waals surface area contributed by atoms with Crippen LogP contribution in [0, 0.1) is 6.92 Å². The lowest BCUT2D eigenvalue weighted by molar-refractivity contribution is 0.0955. The number of hydrogen-bond donors (Lipinski definition) is 2. The fourth-order valence-electron chi connectivity index (χ4n) is 1.96. The first-order valence-electron chi connectivity index (χ1n) is 6.33. The molecule has 0 radical (unpaired) electrons. The lowest BCUT2D eigenvalue weighted by Crippen LogP contribution is -2.23. The van der Waals surface area contributed by atoms with E-state index in [0.717, 1.165) is 15.9 Å². The van der Waals surface area contributed by atoms with E-state index in [-0.39, 0.29) is 12.5 Å². The molecule has 3 aromatic rings. The SMILES string of the molecule is Cc1ccc2c(N)c(C(=O)NCc3ncn(C)n3)sc2n1. The Morgan fingerprint density at radius 1 is 1.48 bits per heavy atom. The van der Waals surface area contributed by atoms with Crippen molar-refractivity contribution < 1.29 is 4.79 Å². The van der Waals surface area contributed by atoms with Crippen molar-refractivity contribution in [3.63, 3.8) is 0 Å². The van der Waals surface area contributed by atoms with Crippen molar-refractivity contribution in [2.45, 2.75) is 13.5 Å². The molecule has 0 atom stereocenters. The van der Waals surface area contributed by atoms with Crippen LogP contribution in [0.3, 0.4) is 0 Å². The molecule has 108 valence electrons. The van der Waals surface area contributed by atoms with Gasteiger partial charge in [0.1, 0.15) is 16.0 Å². The quantitative estimate of drug-likeness (QED) is 0.758. The van der Waals surface area contributed by atoms with Crippen LogP contribution >= 0.6 is 11.3 Å². The molecule has 3 heterocycles. The average molecular weight is 302 g/mol. The van der Waals surface area contributed by atoms with E-state index in [1.54, 1.807) is 18.1 Å². The maximum absolute atomic E-state index is 12.2. The van der Waals surface area contributed by atoms with Crippen LogP contribution in [-0.2, 0) is 13.6 Å². The molecule has 0 aliphatic heterocycles. The minimum Gasteiger partial charge on any atom is -0.397 e. The molecule has 0 fully saturated rings. The number of amides is 1. The van der Waals surface area contributed by atoms with E-state index < -0.39 is 0 Å². The molecular weight excluding hydrogens is 288 g/mol. The van der Waals surface area contributed by atoms with Crippen LogP contribution in [0.2, 0.25) is 0 Å². The van der Waals surface area contributed by atoms with Gasteiger partial charge in [0.15, 0.2) is 5.82 Å². The van der Waals surface area contributed by atoms with Crippen LogP contribution in [0.1, 0.15) is 21.2 Å². The van der Waals surface area contributed by atoms with E-state index in [2.05, 4.69) is 20.4 Å². The van der Waals surface area contributed by atoms with Gasteiger partial charge in [0, 0.05) is 18.1 Å². The third-order valence-electron chi connectivity index (χ3n) is 2.99. The van der Waals surface area contributed by atoms with E-state index in [9.17, 15) is 4.79 Å². The molecule has 21 heavy (non-hydrogen) atoms. The first-order valence-corrected chi connectivity index (χ1v) is 7.14. The second-order valence-electron chi connectivity index (χ2n) is 4.67. The largest absolute Gasteiger partial charge is 0.397 e. The Bertz CT molecular complexity index is 821. The summed E-state index contributed by atoms with van der Waals surface area (Å²) in [6.07, 6.45) is 1.59. The van der Waals surface area contributed by atoms with E-state index >= 15 is 0 Å². The van der Waals surface area contributed by atoms with Crippen molar-refractivity contribution in [1.82, 2.24) is 25.1 Å². The molecule has 8 heteroatoms. The maximum atomic E-state index is 12.2. The first kappa shape index (κ1) is 13.5. The van der Waals surface area contributed by atoms with Crippen LogP contribution in [0.25, 0.3) is 10.2 Å². The van der Waals surface area contributed by atoms with E-state index in [1.165, 1.54) is 11.3 Å². The lowest BCUT2D eigenvalue weighted by atomic mass is 10.2. The average Bonchev–Trinajstić information content (AvgIpc) is 3.00. The minimum absolute atomic E-state index is 0.236. The molecule has 0 spiro atoms. The number of nitrogens with one attached hydrogen (secondary N) is 1. The second kappa shape index (κ2) is 5.13. The number of aryl methyl sites for hydroxylation is 2. The summed E-state index contributed by atoms with van der Waals surface area (Å²) in [5.41, 5.74) is 7.40. The number of anilines is 1. The number of pyridine rings is 1. The zero-order valence-corrected chi connectivity index (χ0v) is 12.4. The summed E-state index contributed by atoms with van der Waals surface area (Å²) < 4.78 is 1.59. The number of nitrogen functional groups attached to an aromatic ring is 1. The molecule has 3 aromatic heterocycles. The summed E-state index contributed by atoms with van der Waals surface area (Å²) in [7, 11) is 1.77. The maximum Gasteiger partial charge on any atom is 0.263 e. The number of carbonyl (C=O) groups is 1. The first-order chi connectivity index (χ1) is 10.0. The molecule has 3 rings (SSSR count). The number of fused-ring (bicyclic) bond motifs is 1. The van der Waals surface area contributed by atoms with Gasteiger partial charge in [0.05, 0.1) is 12.2 Å². The summed E-state index contributed by atoms with van der Waals surface area (Å²) in [5, 5.41) is 7.69. The van der Waals surface area contributed by atoms with Crippen molar-refractivity contribution in [3.05, 3.63) is 34.9 Å². The number of nitrogens with zero attached hydrogens (tertiary/aromatic N) is 4. The van der Waals surface area contributed by atoms with Gasteiger partial charge in [0.2, 0.25) is 0 Å². The summed E-state index contributed by atoms with van der Waals surface area (Å²) in [5.74, 6) is 0.320. The monoisotopic (exact) mass is 302 g/mol. The van der Waals surface area contributed by atoms with Crippen LogP contribution < -0.4 is 11.1 Å². The Balaban J connectivity index is 1.82.